The van der Waals surface area contributed by atoms with E-state index in [1.165, 1.54) is 6.07 Å². The smallest absolute Gasteiger partial charge is 0.421 e. The molecule has 0 spiro atoms. The van der Waals surface area contributed by atoms with Crippen LogP contribution in [0, 0.1) is 5.92 Å². The summed E-state index contributed by atoms with van der Waals surface area (Å²) in [6, 6.07) is 3.21. The minimum absolute atomic E-state index is 0.0957. The van der Waals surface area contributed by atoms with Gasteiger partial charge in [0.2, 0.25) is 0 Å². The minimum Gasteiger partial charge on any atom is -0.421 e. The maximum Gasteiger partial charge on any atom is 0.507 e. The Morgan fingerprint density at radius 1 is 1.05 bits per heavy atom. The molecule has 19 heavy (non-hydrogen) atoms. The number of ether oxygens (including phenoxy) is 2. The molecule has 3 nitrogen and oxygen atoms in total. The summed E-state index contributed by atoms with van der Waals surface area (Å²) in [5.74, 6) is -1.78. The molecule has 1 aliphatic rings. The van der Waals surface area contributed by atoms with E-state index >= 15 is 0 Å². The summed E-state index contributed by atoms with van der Waals surface area (Å²) in [5, 5.41) is 0. The molecule has 1 aromatic carbocycles. The molecule has 0 amide bonds. The van der Waals surface area contributed by atoms with Gasteiger partial charge in [-0.3, -0.25) is 4.79 Å². The first-order chi connectivity index (χ1) is 8.64. The molecule has 1 heterocycles. The molecule has 0 N–H and O–H groups in total. The van der Waals surface area contributed by atoms with E-state index in [0.717, 1.165) is 12.1 Å². The Morgan fingerprint density at radius 2 is 1.58 bits per heavy atom. The number of hydrogen-bond donors (Lipinski definition) is 0. The van der Waals surface area contributed by atoms with Crippen LogP contribution in [0.15, 0.2) is 18.2 Å². The van der Waals surface area contributed by atoms with Crippen molar-refractivity contribution in [1.29, 1.82) is 0 Å². The SMILES string of the molecule is CC(C)C(=O)c1ccc2c(c1)OC(F)(F)C(F)(F)O2. The van der Waals surface area contributed by atoms with Crippen LogP contribution in [-0.2, 0) is 0 Å². The Kier molecular flexibility index (Phi) is 2.95. The molecule has 0 aliphatic carbocycles. The van der Waals surface area contributed by atoms with Gasteiger partial charge in [0.1, 0.15) is 0 Å². The van der Waals surface area contributed by atoms with E-state index in [0.29, 0.717) is 0 Å². The predicted molar refractivity (Wildman–Crippen MR) is 56.8 cm³/mol. The lowest BCUT2D eigenvalue weighted by Gasteiger charge is -2.31. The summed E-state index contributed by atoms with van der Waals surface area (Å²) in [6.07, 6.45) is -9.52. The molecule has 1 aliphatic heterocycles. The summed E-state index contributed by atoms with van der Waals surface area (Å²) < 4.78 is 59.6. The third-order valence-corrected chi connectivity index (χ3v) is 2.57. The second kappa shape index (κ2) is 4.11. The number of benzene rings is 1. The maximum absolute atomic E-state index is 13.0. The quantitative estimate of drug-likeness (QED) is 0.613. The van der Waals surface area contributed by atoms with Crippen LogP contribution in [0.4, 0.5) is 17.6 Å². The molecule has 0 unspecified atom stereocenters. The zero-order valence-corrected chi connectivity index (χ0v) is 10.0. The van der Waals surface area contributed by atoms with E-state index in [4.69, 9.17) is 0 Å². The van der Waals surface area contributed by atoms with Gasteiger partial charge in [0.15, 0.2) is 17.3 Å². The molecular formula is C12H10F4O3. The van der Waals surface area contributed by atoms with Crippen molar-refractivity contribution in [3.05, 3.63) is 23.8 Å². The number of halogens is 4. The van der Waals surface area contributed by atoms with E-state index < -0.39 is 23.7 Å². The Balaban J connectivity index is 2.41. The highest BCUT2D eigenvalue weighted by Gasteiger charge is 2.65. The van der Waals surface area contributed by atoms with Gasteiger partial charge >= 0.3 is 12.2 Å². The average Bonchev–Trinajstić information content (AvgIpc) is 2.28. The van der Waals surface area contributed by atoms with Crippen LogP contribution < -0.4 is 9.47 Å². The van der Waals surface area contributed by atoms with Crippen LogP contribution >= 0.6 is 0 Å². The molecule has 0 atom stereocenters. The molecule has 1 aromatic rings. The van der Waals surface area contributed by atoms with Gasteiger partial charge in [-0.2, -0.15) is 17.6 Å². The fourth-order valence-electron chi connectivity index (χ4n) is 1.55. The van der Waals surface area contributed by atoms with Crippen molar-refractivity contribution in [2.45, 2.75) is 26.1 Å². The Bertz CT molecular complexity index is 526. The van der Waals surface area contributed by atoms with E-state index in [2.05, 4.69) is 9.47 Å². The van der Waals surface area contributed by atoms with Gasteiger partial charge < -0.3 is 9.47 Å². The highest BCUT2D eigenvalue weighted by molar-refractivity contribution is 5.98. The second-order valence-electron chi connectivity index (χ2n) is 4.42. The first-order valence-corrected chi connectivity index (χ1v) is 5.46. The summed E-state index contributed by atoms with van der Waals surface area (Å²) >= 11 is 0. The third kappa shape index (κ3) is 2.24. The summed E-state index contributed by atoms with van der Waals surface area (Å²) in [6.45, 7) is 3.25. The van der Waals surface area contributed by atoms with Crippen molar-refractivity contribution < 1.29 is 31.8 Å². The Morgan fingerprint density at radius 3 is 2.11 bits per heavy atom. The van der Waals surface area contributed by atoms with Crippen LogP contribution in [0.2, 0.25) is 0 Å². The van der Waals surface area contributed by atoms with E-state index in [1.54, 1.807) is 13.8 Å². The van der Waals surface area contributed by atoms with Crippen molar-refractivity contribution in [2.24, 2.45) is 5.92 Å². The highest BCUT2D eigenvalue weighted by Crippen LogP contribution is 2.47. The molecule has 0 aromatic heterocycles. The van der Waals surface area contributed by atoms with Crippen LogP contribution in [0.1, 0.15) is 24.2 Å². The number of hydrogen-bond acceptors (Lipinski definition) is 3. The molecule has 104 valence electrons. The molecule has 0 bridgehead atoms. The van der Waals surface area contributed by atoms with Crippen molar-refractivity contribution >= 4 is 5.78 Å². The topological polar surface area (TPSA) is 35.5 Å². The molecule has 2 rings (SSSR count). The van der Waals surface area contributed by atoms with Gasteiger partial charge in [-0.15, -0.1) is 0 Å². The molecular weight excluding hydrogens is 268 g/mol. The van der Waals surface area contributed by atoms with Gasteiger partial charge in [-0.25, -0.2) is 0 Å². The summed E-state index contributed by atoms with van der Waals surface area (Å²) in [7, 11) is 0. The van der Waals surface area contributed by atoms with Crippen molar-refractivity contribution in [3.8, 4) is 11.5 Å². The summed E-state index contributed by atoms with van der Waals surface area (Å²) in [4.78, 5) is 11.7. The van der Waals surface area contributed by atoms with Crippen LogP contribution in [0.25, 0.3) is 0 Å². The molecule has 7 heteroatoms. The standard InChI is InChI=1S/C12H10F4O3/c1-6(2)10(17)7-3-4-8-9(5-7)19-12(15,16)11(13,14)18-8/h3-6H,1-2H3. The lowest BCUT2D eigenvalue weighted by Crippen LogP contribution is -2.52. The number of ketones is 1. The first-order valence-electron chi connectivity index (χ1n) is 5.46. The second-order valence-corrected chi connectivity index (χ2v) is 4.42. The van der Waals surface area contributed by atoms with Gasteiger partial charge in [-0.05, 0) is 18.2 Å². The van der Waals surface area contributed by atoms with Gasteiger partial charge in [0.05, 0.1) is 0 Å². The van der Waals surface area contributed by atoms with Crippen LogP contribution in [0.3, 0.4) is 0 Å². The van der Waals surface area contributed by atoms with Crippen LogP contribution in [0.5, 0.6) is 11.5 Å². The van der Waals surface area contributed by atoms with Gasteiger partial charge in [0.25, 0.3) is 0 Å². The lowest BCUT2D eigenvalue weighted by molar-refractivity contribution is -0.391. The number of carbonyl (C=O) groups excluding carboxylic acids is 1. The fraction of sp³-hybridized carbons (Fsp3) is 0.417. The molecule has 0 saturated carbocycles. The Labute approximate surface area is 106 Å². The zero-order chi connectivity index (χ0) is 14.4. The average molecular weight is 278 g/mol. The number of rotatable bonds is 2. The number of fused-ring (bicyclic) bond motifs is 1. The largest absolute Gasteiger partial charge is 0.507 e. The van der Waals surface area contributed by atoms with Crippen molar-refractivity contribution in [2.75, 3.05) is 0 Å². The third-order valence-electron chi connectivity index (χ3n) is 2.57. The monoisotopic (exact) mass is 278 g/mol. The Hall–Kier alpha value is -1.79. The lowest BCUT2D eigenvalue weighted by atomic mass is 10.0. The van der Waals surface area contributed by atoms with E-state index in [1.807, 2.05) is 0 Å². The van der Waals surface area contributed by atoms with Gasteiger partial charge in [0, 0.05) is 11.5 Å². The maximum atomic E-state index is 13.0. The number of alkyl halides is 4. The fourth-order valence-corrected chi connectivity index (χ4v) is 1.55. The van der Waals surface area contributed by atoms with Crippen molar-refractivity contribution in [1.82, 2.24) is 0 Å². The zero-order valence-electron chi connectivity index (χ0n) is 10.0. The minimum atomic E-state index is -4.78. The van der Waals surface area contributed by atoms with Crippen LogP contribution in [-0.4, -0.2) is 18.0 Å². The van der Waals surface area contributed by atoms with Gasteiger partial charge in [-0.1, -0.05) is 13.8 Å². The van der Waals surface area contributed by atoms with E-state index in [9.17, 15) is 22.4 Å². The first kappa shape index (κ1) is 13.6. The molecule has 0 fully saturated rings. The normalized spacial score (nSPS) is 19.3. The number of Topliss-reactive ketones (excluding diaryl/α,β-unsaturated/α-hetero) is 1. The predicted octanol–water partition coefficient (Wildman–Crippen LogP) is 3.48. The summed E-state index contributed by atoms with van der Waals surface area (Å²) in [5.41, 5.74) is 0.0957. The molecule has 0 saturated heterocycles. The number of carbonyl (C=O) groups is 1. The van der Waals surface area contributed by atoms with E-state index in [-0.39, 0.29) is 17.3 Å². The highest BCUT2D eigenvalue weighted by atomic mass is 19.3. The molecule has 0 radical (unpaired) electrons. The van der Waals surface area contributed by atoms with Crippen molar-refractivity contribution in [3.63, 3.8) is 0 Å².